The lowest BCUT2D eigenvalue weighted by atomic mass is 9.95. The minimum absolute atomic E-state index is 0. The van der Waals surface area contributed by atoms with Crippen molar-refractivity contribution in [3.05, 3.63) is 91.0 Å². The highest BCUT2D eigenvalue weighted by molar-refractivity contribution is 7.95. The van der Waals surface area contributed by atoms with Crippen LogP contribution in [0.4, 0.5) is 0 Å². The predicted molar refractivity (Wildman–Crippen MR) is 138 cm³/mol. The molecule has 0 aromatic heterocycles. The van der Waals surface area contributed by atoms with Crippen LogP contribution in [0.2, 0.25) is 19.6 Å². The largest absolute Gasteiger partial charge is 1.00 e. The molecule has 3 aromatic rings. The number of hydrogen-bond donors (Lipinski definition) is 0. The van der Waals surface area contributed by atoms with Gasteiger partial charge in [0.2, 0.25) is 0 Å². The van der Waals surface area contributed by atoms with E-state index >= 15 is 0 Å². The van der Waals surface area contributed by atoms with E-state index in [9.17, 15) is 0 Å². The molecule has 0 unspecified atom stereocenters. The van der Waals surface area contributed by atoms with Crippen LogP contribution in [0.5, 0.6) is 0 Å². The second kappa shape index (κ2) is 10.7. The number of hydrogen-bond acceptors (Lipinski definition) is 1. The topological polar surface area (TPSA) is 9.23 Å². The van der Waals surface area contributed by atoms with Crippen LogP contribution in [0.3, 0.4) is 0 Å². The molecule has 0 aliphatic heterocycles. The molecule has 166 valence electrons. The van der Waals surface area contributed by atoms with Crippen LogP contribution in [0.25, 0.3) is 0 Å². The third-order valence-corrected chi connectivity index (χ3v) is 11.7. The summed E-state index contributed by atoms with van der Waals surface area (Å²) < 4.78 is 6.70. The van der Waals surface area contributed by atoms with Crippen LogP contribution < -0.4 is 39.9 Å². The van der Waals surface area contributed by atoms with Crippen LogP contribution in [0.15, 0.2) is 91.0 Å². The van der Waals surface area contributed by atoms with E-state index in [0.717, 1.165) is 6.16 Å². The van der Waals surface area contributed by atoms with E-state index in [-0.39, 0.29) is 29.6 Å². The Balaban J connectivity index is 0.00000341. The van der Waals surface area contributed by atoms with Crippen molar-refractivity contribution in [3.63, 3.8) is 0 Å². The lowest BCUT2D eigenvalue weighted by molar-refractivity contribution is -0.0000144. The van der Waals surface area contributed by atoms with E-state index in [1.807, 2.05) is 0 Å². The first kappa shape index (κ1) is 26.3. The van der Waals surface area contributed by atoms with Crippen molar-refractivity contribution in [1.82, 2.24) is 0 Å². The molecule has 1 atom stereocenters. The van der Waals surface area contributed by atoms with Crippen LogP contribution in [-0.2, 0) is 4.43 Å². The molecule has 0 spiro atoms. The maximum Gasteiger partial charge on any atom is 0.184 e. The summed E-state index contributed by atoms with van der Waals surface area (Å²) in [5.74, 6) is 0.401. The van der Waals surface area contributed by atoms with E-state index in [1.54, 1.807) is 0 Å². The zero-order chi connectivity index (χ0) is 21.8. The maximum absolute atomic E-state index is 6.70. The predicted octanol–water partition coefficient (Wildman–Crippen LogP) is 3.25. The molecule has 3 rings (SSSR count). The zero-order valence-corrected chi connectivity index (χ0v) is 23.7. The van der Waals surface area contributed by atoms with Crippen LogP contribution in [0, 0.1) is 5.92 Å². The van der Waals surface area contributed by atoms with E-state index in [0.29, 0.717) is 5.92 Å². The summed E-state index contributed by atoms with van der Waals surface area (Å²) in [5.41, 5.74) is -0.173. The van der Waals surface area contributed by atoms with Gasteiger partial charge in [-0.15, -0.1) is 0 Å². The van der Waals surface area contributed by atoms with Gasteiger partial charge in [0.25, 0.3) is 0 Å². The van der Waals surface area contributed by atoms with E-state index in [2.05, 4.69) is 131 Å². The molecule has 0 N–H and O–H groups in total. The van der Waals surface area contributed by atoms with Crippen molar-refractivity contribution in [2.24, 2.45) is 5.92 Å². The monoisotopic (exact) mass is 562 g/mol. The number of halogens is 1. The van der Waals surface area contributed by atoms with Crippen LogP contribution in [0.1, 0.15) is 20.8 Å². The van der Waals surface area contributed by atoms with Crippen molar-refractivity contribution in [1.29, 1.82) is 0 Å². The Morgan fingerprint density at radius 3 is 1.32 bits per heavy atom. The standard InChI is InChI=1S/C27H36OPSi.HI/c1-23(27(2,3)28-30(4,5)6)22-29(24-16-10-7-11-17-24,25-18-12-8-13-19-25)26-20-14-9-15-21-26;/h7-21,23H,22H2,1-6H3;1H/q+1;/p-1/t23-;/m0./s1. The zero-order valence-electron chi connectivity index (χ0n) is 19.7. The molecule has 0 aliphatic rings. The summed E-state index contributed by atoms with van der Waals surface area (Å²) in [7, 11) is -3.49. The van der Waals surface area contributed by atoms with Crippen molar-refractivity contribution < 1.29 is 28.4 Å². The van der Waals surface area contributed by atoms with E-state index < -0.39 is 15.6 Å². The summed E-state index contributed by atoms with van der Waals surface area (Å²) in [6.07, 6.45) is 1.09. The molecular formula is C27H36IOPSi. The molecule has 31 heavy (non-hydrogen) atoms. The van der Waals surface area contributed by atoms with Crippen LogP contribution >= 0.6 is 7.26 Å². The van der Waals surface area contributed by atoms with Crippen molar-refractivity contribution >= 4 is 31.5 Å². The molecule has 3 aromatic carbocycles. The maximum atomic E-state index is 6.70. The van der Waals surface area contributed by atoms with Gasteiger partial charge < -0.3 is 28.4 Å². The van der Waals surface area contributed by atoms with Gasteiger partial charge >= 0.3 is 0 Å². The molecule has 0 radical (unpaired) electrons. The molecule has 0 saturated carbocycles. The third-order valence-electron chi connectivity index (χ3n) is 5.89. The minimum atomic E-state index is -1.84. The van der Waals surface area contributed by atoms with Gasteiger partial charge in [-0.25, -0.2) is 0 Å². The second-order valence-corrected chi connectivity index (χ2v) is 17.7. The second-order valence-electron chi connectivity index (χ2n) is 9.72. The molecule has 0 bridgehead atoms. The highest BCUT2D eigenvalue weighted by Crippen LogP contribution is 2.57. The highest BCUT2D eigenvalue weighted by Gasteiger charge is 2.49. The fourth-order valence-electron chi connectivity index (χ4n) is 4.33. The summed E-state index contributed by atoms with van der Waals surface area (Å²) >= 11 is 0. The summed E-state index contributed by atoms with van der Waals surface area (Å²) in [4.78, 5) is 0. The molecule has 0 amide bonds. The Kier molecular flexibility index (Phi) is 9.10. The average molecular weight is 563 g/mol. The van der Waals surface area contributed by atoms with Crippen LogP contribution in [-0.4, -0.2) is 20.1 Å². The van der Waals surface area contributed by atoms with Crippen molar-refractivity contribution in [2.75, 3.05) is 6.16 Å². The molecule has 0 aliphatic carbocycles. The molecule has 0 saturated heterocycles. The van der Waals surface area contributed by atoms with E-state index in [1.165, 1.54) is 15.9 Å². The smallest absolute Gasteiger partial charge is 0.184 e. The molecular weight excluding hydrogens is 526 g/mol. The van der Waals surface area contributed by atoms with Gasteiger partial charge in [0, 0.05) is 5.92 Å². The van der Waals surface area contributed by atoms with Gasteiger partial charge in [-0.2, -0.15) is 0 Å². The first-order chi connectivity index (χ1) is 14.2. The lowest BCUT2D eigenvalue weighted by Crippen LogP contribution is -3.00. The lowest BCUT2D eigenvalue weighted by Gasteiger charge is -2.40. The highest BCUT2D eigenvalue weighted by atomic mass is 127. The third kappa shape index (κ3) is 6.28. The normalized spacial score (nSPS) is 13.4. The molecule has 1 nitrogen and oxygen atoms in total. The Labute approximate surface area is 208 Å². The quantitative estimate of drug-likeness (QED) is 0.233. The summed E-state index contributed by atoms with van der Waals surface area (Å²) in [6, 6.07) is 33.4. The fourth-order valence-corrected chi connectivity index (χ4v) is 10.9. The fraction of sp³-hybridized carbons (Fsp3) is 0.333. The molecule has 0 heterocycles. The molecule has 4 heteroatoms. The summed E-state index contributed by atoms with van der Waals surface area (Å²) in [5, 5.41) is 4.33. The average Bonchev–Trinajstić information content (AvgIpc) is 2.72. The van der Waals surface area contributed by atoms with Gasteiger partial charge in [-0.3, -0.25) is 0 Å². The Hall–Kier alpha value is -1.00. The van der Waals surface area contributed by atoms with Gasteiger partial charge in [0.1, 0.15) is 23.2 Å². The van der Waals surface area contributed by atoms with Gasteiger partial charge in [-0.1, -0.05) is 61.5 Å². The Morgan fingerprint density at radius 2 is 1.03 bits per heavy atom. The number of rotatable bonds is 8. The first-order valence-corrected chi connectivity index (χ1v) is 16.3. The Morgan fingerprint density at radius 1 is 0.710 bits per heavy atom. The molecule has 0 fully saturated rings. The van der Waals surface area contributed by atoms with Gasteiger partial charge in [0.05, 0.1) is 11.8 Å². The first-order valence-electron chi connectivity index (χ1n) is 10.9. The van der Waals surface area contributed by atoms with E-state index in [4.69, 9.17) is 4.43 Å². The SMILES string of the molecule is C[C@@H](C[P+](c1ccccc1)(c1ccccc1)c1ccccc1)C(C)(C)O[Si](C)(C)C.[I-]. The summed E-state index contributed by atoms with van der Waals surface area (Å²) in [6.45, 7) is 13.8. The van der Waals surface area contributed by atoms with Crippen molar-refractivity contribution in [3.8, 4) is 0 Å². The van der Waals surface area contributed by atoms with Gasteiger partial charge in [0.15, 0.2) is 8.32 Å². The van der Waals surface area contributed by atoms with Crippen molar-refractivity contribution in [2.45, 2.75) is 46.0 Å². The minimum Gasteiger partial charge on any atom is -1.00 e. The number of benzene rings is 3. The Bertz CT molecular complexity index is 827. The van der Waals surface area contributed by atoms with Gasteiger partial charge in [-0.05, 0) is 69.9 Å².